The molecule has 4 nitrogen and oxygen atoms in total. The van der Waals surface area contributed by atoms with Gasteiger partial charge in [-0.15, -0.1) is 11.3 Å². The summed E-state index contributed by atoms with van der Waals surface area (Å²) >= 11 is 3.19. The summed E-state index contributed by atoms with van der Waals surface area (Å²) in [4.78, 5) is 22.4. The summed E-state index contributed by atoms with van der Waals surface area (Å²) in [6.07, 6.45) is 4.42. The van der Waals surface area contributed by atoms with Crippen LogP contribution in [0, 0.1) is 0 Å². The van der Waals surface area contributed by atoms with Crippen molar-refractivity contribution in [2.75, 3.05) is 32.1 Å². The van der Waals surface area contributed by atoms with Crippen LogP contribution in [-0.2, 0) is 4.79 Å². The van der Waals surface area contributed by atoms with E-state index in [4.69, 9.17) is 0 Å². The van der Waals surface area contributed by atoms with Crippen molar-refractivity contribution in [1.82, 2.24) is 9.88 Å². The van der Waals surface area contributed by atoms with Crippen molar-refractivity contribution in [1.29, 1.82) is 0 Å². The maximum atomic E-state index is 12.8. The minimum atomic E-state index is -0.0220. The van der Waals surface area contributed by atoms with Crippen LogP contribution in [0.1, 0.15) is 11.3 Å². The van der Waals surface area contributed by atoms with Crippen LogP contribution in [0.4, 0.5) is 5.13 Å². The van der Waals surface area contributed by atoms with Crippen LogP contribution < -0.4 is 4.90 Å². The Kier molecular flexibility index (Phi) is 5.96. The van der Waals surface area contributed by atoms with E-state index in [1.54, 1.807) is 33.6 Å². The molecule has 25 heavy (non-hydrogen) atoms. The molecule has 0 saturated carbocycles. The van der Waals surface area contributed by atoms with Gasteiger partial charge in [0.2, 0.25) is 0 Å². The van der Waals surface area contributed by atoms with Crippen molar-refractivity contribution in [2.24, 2.45) is 0 Å². The van der Waals surface area contributed by atoms with E-state index in [0.29, 0.717) is 6.54 Å². The topological polar surface area (TPSA) is 36.4 Å². The van der Waals surface area contributed by atoms with Gasteiger partial charge in [0.25, 0.3) is 5.91 Å². The number of carbonyl (C=O) groups is 1. The zero-order chi connectivity index (χ0) is 17.6. The lowest BCUT2D eigenvalue weighted by Crippen LogP contribution is -2.32. The molecule has 0 aliphatic heterocycles. The molecule has 0 saturated heterocycles. The molecule has 0 spiro atoms. The van der Waals surface area contributed by atoms with Crippen LogP contribution in [0.3, 0.4) is 0 Å². The highest BCUT2D eigenvalue weighted by molar-refractivity contribution is 7.22. The van der Waals surface area contributed by atoms with Gasteiger partial charge in [0.1, 0.15) is 0 Å². The van der Waals surface area contributed by atoms with Crippen molar-refractivity contribution >= 4 is 50.0 Å². The highest BCUT2D eigenvalue weighted by Gasteiger charge is 2.17. The minimum Gasteiger partial charge on any atom is -0.309 e. The van der Waals surface area contributed by atoms with Crippen LogP contribution in [0.2, 0.25) is 0 Å². The molecule has 130 valence electrons. The molecule has 1 amide bonds. The first kappa shape index (κ1) is 17.8. The number of anilines is 1. The molecule has 6 heteroatoms. The van der Waals surface area contributed by atoms with Crippen molar-refractivity contribution in [3.63, 3.8) is 0 Å². The highest BCUT2D eigenvalue weighted by atomic mass is 32.1. The lowest BCUT2D eigenvalue weighted by Gasteiger charge is -2.19. The van der Waals surface area contributed by atoms with Gasteiger partial charge in [-0.1, -0.05) is 29.5 Å². The molecule has 3 aromatic rings. The fourth-order valence-electron chi connectivity index (χ4n) is 2.45. The second-order valence-corrected chi connectivity index (χ2v) is 7.95. The van der Waals surface area contributed by atoms with E-state index in [2.05, 4.69) is 9.88 Å². The van der Waals surface area contributed by atoms with Gasteiger partial charge in [0.15, 0.2) is 5.13 Å². The van der Waals surface area contributed by atoms with Gasteiger partial charge in [-0.2, -0.15) is 0 Å². The number of hydrogen-bond acceptors (Lipinski definition) is 5. The summed E-state index contributed by atoms with van der Waals surface area (Å²) in [5, 5.41) is 2.77. The Morgan fingerprint density at radius 1 is 1.16 bits per heavy atom. The monoisotopic (exact) mass is 371 g/mol. The third kappa shape index (κ3) is 4.75. The van der Waals surface area contributed by atoms with Gasteiger partial charge in [0.05, 0.1) is 10.2 Å². The van der Waals surface area contributed by atoms with Crippen LogP contribution in [0.25, 0.3) is 16.3 Å². The molecule has 2 heterocycles. The highest BCUT2D eigenvalue weighted by Crippen LogP contribution is 2.29. The Hall–Kier alpha value is -2.02. The molecular formula is C19H21N3OS2. The van der Waals surface area contributed by atoms with Crippen molar-refractivity contribution in [3.8, 4) is 0 Å². The summed E-state index contributed by atoms with van der Waals surface area (Å²) in [6.45, 7) is 1.59. The quantitative estimate of drug-likeness (QED) is 0.579. The molecule has 0 atom stereocenters. The second-order valence-electron chi connectivity index (χ2n) is 5.96. The number of aromatic nitrogens is 1. The molecule has 0 aliphatic carbocycles. The molecule has 3 rings (SSSR count). The number of thiazole rings is 1. The Labute approximate surface area is 156 Å². The van der Waals surface area contributed by atoms with Crippen molar-refractivity contribution in [3.05, 3.63) is 52.7 Å². The summed E-state index contributed by atoms with van der Waals surface area (Å²) in [7, 11) is 4.08. The average molecular weight is 372 g/mol. The zero-order valence-corrected chi connectivity index (χ0v) is 16.0. The largest absolute Gasteiger partial charge is 0.309 e. The van der Waals surface area contributed by atoms with Crippen LogP contribution >= 0.6 is 22.7 Å². The molecule has 2 aromatic heterocycles. The number of thiophene rings is 1. The molecule has 0 radical (unpaired) electrons. The van der Waals surface area contributed by atoms with Gasteiger partial charge in [-0.05, 0) is 56.7 Å². The maximum Gasteiger partial charge on any atom is 0.252 e. The molecule has 0 fully saturated rings. The number of para-hydroxylation sites is 1. The first-order chi connectivity index (χ1) is 12.1. The number of rotatable bonds is 7. The third-order valence-electron chi connectivity index (χ3n) is 3.70. The van der Waals surface area contributed by atoms with E-state index >= 15 is 0 Å². The number of amides is 1. The normalized spacial score (nSPS) is 11.6. The van der Waals surface area contributed by atoms with E-state index in [9.17, 15) is 4.79 Å². The Morgan fingerprint density at radius 3 is 2.72 bits per heavy atom. The lowest BCUT2D eigenvalue weighted by atomic mass is 10.3. The molecule has 0 N–H and O–H groups in total. The number of benzene rings is 1. The van der Waals surface area contributed by atoms with Crippen LogP contribution in [0.5, 0.6) is 0 Å². The van der Waals surface area contributed by atoms with E-state index in [0.717, 1.165) is 33.2 Å². The number of hydrogen-bond donors (Lipinski definition) is 0. The molecule has 0 unspecified atom stereocenters. The Balaban J connectivity index is 1.81. The Morgan fingerprint density at radius 2 is 2.00 bits per heavy atom. The van der Waals surface area contributed by atoms with E-state index < -0.39 is 0 Å². The van der Waals surface area contributed by atoms with E-state index in [-0.39, 0.29) is 5.91 Å². The standard InChI is InChI=1S/C19H21N3OS2/c1-21(2)12-6-13-22(18(23)11-10-15-7-5-14-24-15)19-20-16-8-3-4-9-17(16)25-19/h3-5,7-11,14H,6,12-13H2,1-2H3/b11-10+. The van der Waals surface area contributed by atoms with Crippen molar-refractivity contribution in [2.45, 2.75) is 6.42 Å². The fraction of sp³-hybridized carbons (Fsp3) is 0.263. The summed E-state index contributed by atoms with van der Waals surface area (Å²) in [6, 6.07) is 12.0. The first-order valence-electron chi connectivity index (χ1n) is 8.17. The third-order valence-corrected chi connectivity index (χ3v) is 5.60. The van der Waals surface area contributed by atoms with Crippen LogP contribution in [0.15, 0.2) is 47.9 Å². The Bertz CT molecular complexity index is 820. The number of nitrogens with zero attached hydrogens (tertiary/aromatic N) is 3. The van der Waals surface area contributed by atoms with E-state index in [1.807, 2.05) is 61.9 Å². The molecule has 1 aromatic carbocycles. The summed E-state index contributed by atoms with van der Waals surface area (Å²) in [5.41, 5.74) is 0.940. The molecular weight excluding hydrogens is 350 g/mol. The molecule has 0 bridgehead atoms. The SMILES string of the molecule is CN(C)CCCN(C(=O)/C=C/c1cccs1)c1nc2ccccc2s1. The van der Waals surface area contributed by atoms with Crippen molar-refractivity contribution < 1.29 is 4.79 Å². The number of carbonyl (C=O) groups excluding carboxylic acids is 1. The zero-order valence-electron chi connectivity index (χ0n) is 14.4. The smallest absolute Gasteiger partial charge is 0.252 e. The second kappa shape index (κ2) is 8.38. The predicted molar refractivity (Wildman–Crippen MR) is 108 cm³/mol. The molecule has 0 aliphatic rings. The van der Waals surface area contributed by atoms with E-state index in [1.165, 1.54) is 0 Å². The maximum absolute atomic E-state index is 12.8. The van der Waals surface area contributed by atoms with Gasteiger partial charge in [-0.25, -0.2) is 4.98 Å². The van der Waals surface area contributed by atoms with Gasteiger partial charge in [0, 0.05) is 17.5 Å². The first-order valence-corrected chi connectivity index (χ1v) is 9.86. The van der Waals surface area contributed by atoms with Gasteiger partial charge < -0.3 is 4.90 Å². The van der Waals surface area contributed by atoms with Gasteiger partial charge >= 0.3 is 0 Å². The van der Waals surface area contributed by atoms with Gasteiger partial charge in [-0.3, -0.25) is 9.69 Å². The average Bonchev–Trinajstić information content (AvgIpc) is 3.25. The minimum absolute atomic E-state index is 0.0220. The fourth-order valence-corrected chi connectivity index (χ4v) is 4.07. The summed E-state index contributed by atoms with van der Waals surface area (Å²) in [5.74, 6) is -0.0220. The van der Waals surface area contributed by atoms with Crippen LogP contribution in [-0.4, -0.2) is 43.0 Å². The number of fused-ring (bicyclic) bond motifs is 1. The predicted octanol–water partition coefficient (Wildman–Crippen LogP) is 4.36. The lowest BCUT2D eigenvalue weighted by molar-refractivity contribution is -0.114. The summed E-state index contributed by atoms with van der Waals surface area (Å²) < 4.78 is 1.10.